The molecule has 2 nitrogen and oxygen atoms in total. The van der Waals surface area contributed by atoms with Gasteiger partial charge in [-0.15, -0.1) is 0 Å². The van der Waals surface area contributed by atoms with E-state index in [0.29, 0.717) is 17.8 Å². The van der Waals surface area contributed by atoms with Crippen molar-refractivity contribution < 1.29 is 0 Å². The Kier molecular flexibility index (Phi) is 14.8. The van der Waals surface area contributed by atoms with Crippen molar-refractivity contribution in [3.05, 3.63) is 130 Å². The van der Waals surface area contributed by atoms with Crippen LogP contribution in [0.2, 0.25) is 0 Å². The van der Waals surface area contributed by atoms with Crippen molar-refractivity contribution in [1.29, 1.82) is 0 Å². The van der Waals surface area contributed by atoms with E-state index in [1.54, 1.807) is 0 Å². The van der Waals surface area contributed by atoms with E-state index in [1.807, 2.05) is 0 Å². The fraction of sp³-hybridized carbons (Fsp3) is 0.455. The van der Waals surface area contributed by atoms with E-state index in [0.717, 1.165) is 11.4 Å². The predicted molar refractivity (Wildman–Crippen MR) is 202 cm³/mol. The highest BCUT2D eigenvalue weighted by Gasteiger charge is 2.18. The molecule has 2 unspecified atom stereocenters. The summed E-state index contributed by atoms with van der Waals surface area (Å²) in [5.41, 5.74) is 22.0. The van der Waals surface area contributed by atoms with Crippen LogP contribution in [0, 0.1) is 0 Å². The molecule has 0 radical (unpaired) electrons. The smallest absolute Gasteiger partial charge is 0.0314 e. The molecule has 46 heavy (non-hydrogen) atoms. The summed E-state index contributed by atoms with van der Waals surface area (Å²) < 4.78 is 0. The van der Waals surface area contributed by atoms with Crippen molar-refractivity contribution >= 4 is 11.4 Å². The molecule has 0 saturated heterocycles. The fourth-order valence-electron chi connectivity index (χ4n) is 6.99. The summed E-state index contributed by atoms with van der Waals surface area (Å²) in [7, 11) is 0. The molecule has 0 spiro atoms. The molecule has 246 valence electrons. The van der Waals surface area contributed by atoms with Crippen LogP contribution in [-0.2, 0) is 0 Å². The van der Waals surface area contributed by atoms with Gasteiger partial charge >= 0.3 is 0 Å². The Morgan fingerprint density at radius 3 is 0.957 bits per heavy atom. The Bertz CT molecular complexity index is 1260. The number of anilines is 2. The van der Waals surface area contributed by atoms with Crippen LogP contribution < -0.4 is 11.5 Å². The van der Waals surface area contributed by atoms with Gasteiger partial charge in [0.1, 0.15) is 0 Å². The van der Waals surface area contributed by atoms with Gasteiger partial charge in [-0.2, -0.15) is 0 Å². The van der Waals surface area contributed by atoms with Gasteiger partial charge in [0.25, 0.3) is 0 Å². The number of nitrogens with two attached hydrogens (primary N) is 2. The number of benzene rings is 4. The molecule has 2 heteroatoms. The van der Waals surface area contributed by atoms with Crippen molar-refractivity contribution in [3.8, 4) is 0 Å². The molecule has 0 amide bonds. The molecular weight excluding hydrogens is 556 g/mol. The summed E-state index contributed by atoms with van der Waals surface area (Å²) in [5.74, 6) is 1.16. The van der Waals surface area contributed by atoms with E-state index < -0.39 is 0 Å². The third kappa shape index (κ3) is 10.8. The van der Waals surface area contributed by atoms with Gasteiger partial charge < -0.3 is 11.5 Å². The lowest BCUT2D eigenvalue weighted by molar-refractivity contribution is 0.568. The minimum atomic E-state index is 0.338. The van der Waals surface area contributed by atoms with Crippen molar-refractivity contribution in [3.63, 3.8) is 0 Å². The Morgan fingerprint density at radius 1 is 0.370 bits per heavy atom. The third-order valence-electron chi connectivity index (χ3n) is 10.0. The van der Waals surface area contributed by atoms with Crippen molar-refractivity contribution in [2.24, 2.45) is 0 Å². The van der Waals surface area contributed by atoms with Crippen LogP contribution in [-0.4, -0.2) is 0 Å². The second-order valence-electron chi connectivity index (χ2n) is 13.6. The topological polar surface area (TPSA) is 52.0 Å². The zero-order valence-corrected chi connectivity index (χ0v) is 29.0. The summed E-state index contributed by atoms with van der Waals surface area (Å²) in [6.45, 7) is 6.91. The first kappa shape index (κ1) is 35.3. The van der Waals surface area contributed by atoms with E-state index in [2.05, 4.69) is 118 Å². The first-order valence-corrected chi connectivity index (χ1v) is 18.4. The molecule has 0 aliphatic rings. The van der Waals surface area contributed by atoms with Crippen molar-refractivity contribution in [1.82, 2.24) is 0 Å². The molecule has 0 heterocycles. The maximum Gasteiger partial charge on any atom is 0.0314 e. The molecule has 0 saturated carbocycles. The summed E-state index contributed by atoms with van der Waals surface area (Å²) in [6, 6.07) is 36.0. The van der Waals surface area contributed by atoms with Crippen LogP contribution in [0.1, 0.15) is 162 Å². The van der Waals surface area contributed by atoms with Gasteiger partial charge in [-0.1, -0.05) is 171 Å². The number of hydrogen-bond acceptors (Lipinski definition) is 2. The van der Waals surface area contributed by atoms with Gasteiger partial charge in [0.15, 0.2) is 0 Å². The van der Waals surface area contributed by atoms with E-state index in [-0.39, 0.29) is 0 Å². The second kappa shape index (κ2) is 19.2. The number of unbranched alkanes of at least 4 members (excludes halogenated alkanes) is 10. The molecule has 2 atom stereocenters. The maximum absolute atomic E-state index is 6.04. The van der Waals surface area contributed by atoms with E-state index >= 15 is 0 Å². The largest absolute Gasteiger partial charge is 0.399 e. The zero-order valence-electron chi connectivity index (χ0n) is 29.0. The van der Waals surface area contributed by atoms with Crippen LogP contribution >= 0.6 is 0 Å². The minimum Gasteiger partial charge on any atom is -0.399 e. The van der Waals surface area contributed by atoms with Crippen LogP contribution in [0.4, 0.5) is 11.4 Å². The van der Waals surface area contributed by atoms with Crippen molar-refractivity contribution in [2.75, 3.05) is 11.5 Å². The van der Waals surface area contributed by atoms with Crippen molar-refractivity contribution in [2.45, 2.75) is 128 Å². The lowest BCUT2D eigenvalue weighted by atomic mass is 9.83. The third-order valence-corrected chi connectivity index (χ3v) is 10.0. The van der Waals surface area contributed by atoms with Gasteiger partial charge in [-0.05, 0) is 70.5 Å². The number of nitrogen functional groups attached to an aromatic ring is 2. The highest BCUT2D eigenvalue weighted by Crippen LogP contribution is 2.35. The van der Waals surface area contributed by atoms with E-state index in [9.17, 15) is 0 Å². The lowest BCUT2D eigenvalue weighted by Gasteiger charge is -2.21. The first-order chi connectivity index (χ1) is 22.5. The Hall–Kier alpha value is -3.52. The number of rotatable bonds is 20. The molecule has 0 aliphatic carbocycles. The summed E-state index contributed by atoms with van der Waals surface area (Å²) >= 11 is 0. The lowest BCUT2D eigenvalue weighted by Crippen LogP contribution is -2.04. The zero-order chi connectivity index (χ0) is 32.6. The van der Waals surface area contributed by atoms with Gasteiger partial charge in [0.05, 0.1) is 0 Å². The molecule has 0 fully saturated rings. The fourth-order valence-corrected chi connectivity index (χ4v) is 6.99. The van der Waals surface area contributed by atoms with Gasteiger partial charge in [0.2, 0.25) is 0 Å². The van der Waals surface area contributed by atoms with E-state index in [4.69, 9.17) is 11.5 Å². The summed E-state index contributed by atoms with van der Waals surface area (Å²) in [6.07, 6.45) is 18.2. The van der Waals surface area contributed by atoms with Crippen LogP contribution in [0.25, 0.3) is 0 Å². The average molecular weight is 617 g/mol. The predicted octanol–water partition coefficient (Wildman–Crippen LogP) is 12.8. The van der Waals surface area contributed by atoms with E-state index in [1.165, 1.54) is 123 Å². The standard InChI is InChI=1S/C44H60N2/c1-4-6-8-10-12-14-16-43(39-26-30-41(45)31-27-39)37-22-18-35(19-23-37)34(3)36-20-24-38(25-21-36)44(17-15-13-11-9-7-5-2)40-28-32-42(46)33-29-40/h18-34,43-44H,4-17,45-46H2,1-3H3. The van der Waals surface area contributed by atoms with Crippen LogP contribution in [0.15, 0.2) is 97.1 Å². The minimum absolute atomic E-state index is 0.338. The van der Waals surface area contributed by atoms with Gasteiger partial charge in [0, 0.05) is 29.1 Å². The van der Waals surface area contributed by atoms with Crippen LogP contribution in [0.3, 0.4) is 0 Å². The Morgan fingerprint density at radius 2 is 0.630 bits per heavy atom. The van der Waals surface area contributed by atoms with Gasteiger partial charge in [-0.25, -0.2) is 0 Å². The highest BCUT2D eigenvalue weighted by molar-refractivity contribution is 5.45. The first-order valence-electron chi connectivity index (χ1n) is 18.4. The maximum atomic E-state index is 6.04. The summed E-state index contributed by atoms with van der Waals surface area (Å²) in [5, 5.41) is 0. The number of hydrogen-bond donors (Lipinski definition) is 2. The SMILES string of the molecule is CCCCCCCCC(c1ccc(N)cc1)c1ccc(C(C)c2ccc(C(CCCCCCCC)c3ccc(N)cc3)cc2)cc1. The molecule has 0 aliphatic heterocycles. The molecule has 4 rings (SSSR count). The normalized spacial score (nSPS) is 13.4. The molecule has 0 bridgehead atoms. The van der Waals surface area contributed by atoms with Crippen LogP contribution in [0.5, 0.6) is 0 Å². The molecule has 4 aromatic rings. The second-order valence-corrected chi connectivity index (χ2v) is 13.6. The molecular formula is C44H60N2. The quantitative estimate of drug-likeness (QED) is 0.0766. The highest BCUT2D eigenvalue weighted by atomic mass is 14.5. The van der Waals surface area contributed by atoms with Gasteiger partial charge in [-0.3, -0.25) is 0 Å². The molecule has 4 aromatic carbocycles. The summed E-state index contributed by atoms with van der Waals surface area (Å²) in [4.78, 5) is 0. The monoisotopic (exact) mass is 616 g/mol. The molecule has 0 aromatic heterocycles. The Balaban J connectivity index is 1.44. The Labute approximate surface area is 281 Å². The molecule has 4 N–H and O–H groups in total. The average Bonchev–Trinajstić information content (AvgIpc) is 3.09.